The largest absolute Gasteiger partial charge is 0.497 e. The molecule has 3 atom stereocenters. The molecule has 0 heterocycles. The molecule has 0 aliphatic heterocycles. The van der Waals surface area contributed by atoms with E-state index >= 15 is 0 Å². The molecule has 1 aliphatic rings. The van der Waals surface area contributed by atoms with Crippen LogP contribution >= 0.6 is 0 Å². The van der Waals surface area contributed by atoms with Crippen molar-refractivity contribution in [1.82, 2.24) is 5.32 Å². The molecule has 100 valence electrons. The Labute approximate surface area is 109 Å². The van der Waals surface area contributed by atoms with Gasteiger partial charge >= 0.3 is 0 Å². The Hall–Kier alpha value is -1.22. The van der Waals surface area contributed by atoms with Gasteiger partial charge in [0.1, 0.15) is 11.5 Å². The third-order valence-corrected chi connectivity index (χ3v) is 4.27. The molecule has 1 N–H and O–H groups in total. The van der Waals surface area contributed by atoms with E-state index < -0.39 is 0 Å². The van der Waals surface area contributed by atoms with Gasteiger partial charge in [-0.1, -0.05) is 6.92 Å². The number of benzene rings is 1. The average Bonchev–Trinajstić information content (AvgIpc) is 2.78. The number of nitrogens with one attached hydrogen (secondary N) is 1. The summed E-state index contributed by atoms with van der Waals surface area (Å²) in [6.45, 7) is 2.32. The summed E-state index contributed by atoms with van der Waals surface area (Å²) in [6.07, 6.45) is 2.43. The maximum Gasteiger partial charge on any atom is 0.122 e. The van der Waals surface area contributed by atoms with Gasteiger partial charge in [0.05, 0.1) is 14.2 Å². The molecule has 0 spiro atoms. The highest BCUT2D eigenvalue weighted by molar-refractivity contribution is 5.43. The van der Waals surface area contributed by atoms with E-state index in [1.54, 1.807) is 14.2 Å². The molecule has 18 heavy (non-hydrogen) atoms. The van der Waals surface area contributed by atoms with E-state index in [4.69, 9.17) is 9.47 Å². The summed E-state index contributed by atoms with van der Waals surface area (Å²) in [6, 6.07) is 6.69. The van der Waals surface area contributed by atoms with E-state index in [1.165, 1.54) is 18.4 Å². The van der Waals surface area contributed by atoms with Crippen LogP contribution in [0.25, 0.3) is 0 Å². The van der Waals surface area contributed by atoms with E-state index in [-0.39, 0.29) is 0 Å². The molecule has 2 rings (SSSR count). The first kappa shape index (κ1) is 13.2. The van der Waals surface area contributed by atoms with Crippen molar-refractivity contribution in [3.63, 3.8) is 0 Å². The zero-order chi connectivity index (χ0) is 13.1. The van der Waals surface area contributed by atoms with Crippen LogP contribution in [-0.4, -0.2) is 27.3 Å². The van der Waals surface area contributed by atoms with Gasteiger partial charge in [-0.25, -0.2) is 0 Å². The smallest absolute Gasteiger partial charge is 0.122 e. The summed E-state index contributed by atoms with van der Waals surface area (Å²) in [5.41, 5.74) is 1.28. The molecule has 3 nitrogen and oxygen atoms in total. The summed E-state index contributed by atoms with van der Waals surface area (Å²) in [7, 11) is 5.49. The Kier molecular flexibility index (Phi) is 4.12. The summed E-state index contributed by atoms with van der Waals surface area (Å²) >= 11 is 0. The first-order valence-corrected chi connectivity index (χ1v) is 6.60. The van der Waals surface area contributed by atoms with E-state index in [2.05, 4.69) is 18.3 Å². The Morgan fingerprint density at radius 2 is 1.94 bits per heavy atom. The van der Waals surface area contributed by atoms with Gasteiger partial charge in [0.15, 0.2) is 0 Å². The number of hydrogen-bond donors (Lipinski definition) is 1. The Morgan fingerprint density at radius 1 is 1.17 bits per heavy atom. The Morgan fingerprint density at radius 3 is 2.50 bits per heavy atom. The SMILES string of the molecule is CNC1CCC(c2cc(OC)ccc2OC)C1C. The van der Waals surface area contributed by atoms with Crippen LogP contribution in [0, 0.1) is 5.92 Å². The van der Waals surface area contributed by atoms with Crippen LogP contribution in [0.1, 0.15) is 31.2 Å². The fourth-order valence-corrected chi connectivity index (χ4v) is 3.14. The average molecular weight is 249 g/mol. The van der Waals surface area contributed by atoms with Gasteiger partial charge in [-0.05, 0) is 49.9 Å². The molecule has 1 fully saturated rings. The third-order valence-electron chi connectivity index (χ3n) is 4.27. The highest BCUT2D eigenvalue weighted by Gasteiger charge is 2.34. The van der Waals surface area contributed by atoms with Crippen molar-refractivity contribution >= 4 is 0 Å². The van der Waals surface area contributed by atoms with Gasteiger partial charge in [0.2, 0.25) is 0 Å². The molecule has 0 amide bonds. The lowest BCUT2D eigenvalue weighted by Gasteiger charge is -2.22. The zero-order valence-corrected chi connectivity index (χ0v) is 11.7. The monoisotopic (exact) mass is 249 g/mol. The molecular formula is C15H23NO2. The highest BCUT2D eigenvalue weighted by Crippen LogP contribution is 2.43. The van der Waals surface area contributed by atoms with Gasteiger partial charge in [-0.3, -0.25) is 0 Å². The van der Waals surface area contributed by atoms with Crippen LogP contribution in [-0.2, 0) is 0 Å². The van der Waals surface area contributed by atoms with Crippen molar-refractivity contribution in [3.05, 3.63) is 23.8 Å². The minimum absolute atomic E-state index is 0.549. The summed E-state index contributed by atoms with van der Waals surface area (Å²) in [5, 5.41) is 3.41. The standard InChI is InChI=1S/C15H23NO2/c1-10-12(6-7-14(10)16-2)13-9-11(17-3)5-8-15(13)18-4/h5,8-10,12,14,16H,6-7H2,1-4H3. The summed E-state index contributed by atoms with van der Waals surface area (Å²) in [4.78, 5) is 0. The van der Waals surface area contributed by atoms with Gasteiger partial charge in [0, 0.05) is 11.6 Å². The molecule has 1 aliphatic carbocycles. The Bertz CT molecular complexity index is 405. The number of hydrogen-bond acceptors (Lipinski definition) is 3. The molecule has 1 saturated carbocycles. The van der Waals surface area contributed by atoms with E-state index in [0.717, 1.165) is 11.5 Å². The lowest BCUT2D eigenvalue weighted by atomic mass is 9.88. The second kappa shape index (κ2) is 5.61. The van der Waals surface area contributed by atoms with Crippen molar-refractivity contribution in [2.45, 2.75) is 31.7 Å². The van der Waals surface area contributed by atoms with Crippen LogP contribution in [0.5, 0.6) is 11.5 Å². The molecule has 0 radical (unpaired) electrons. The van der Waals surface area contributed by atoms with Crippen molar-refractivity contribution in [2.24, 2.45) is 5.92 Å². The second-order valence-electron chi connectivity index (χ2n) is 5.05. The Balaban J connectivity index is 2.31. The van der Waals surface area contributed by atoms with Crippen molar-refractivity contribution < 1.29 is 9.47 Å². The predicted octanol–water partition coefficient (Wildman–Crippen LogP) is 2.81. The molecule has 1 aromatic rings. The molecule has 0 aromatic heterocycles. The quantitative estimate of drug-likeness (QED) is 0.890. The summed E-state index contributed by atoms with van der Waals surface area (Å²) < 4.78 is 10.8. The van der Waals surface area contributed by atoms with Crippen LogP contribution < -0.4 is 14.8 Å². The number of ether oxygens (including phenoxy) is 2. The predicted molar refractivity (Wildman–Crippen MR) is 73.5 cm³/mol. The number of methoxy groups -OCH3 is 2. The minimum atomic E-state index is 0.549. The first-order valence-electron chi connectivity index (χ1n) is 6.60. The lowest BCUT2D eigenvalue weighted by Crippen LogP contribution is -2.28. The first-order chi connectivity index (χ1) is 8.71. The summed E-state index contributed by atoms with van der Waals surface area (Å²) in [5.74, 6) is 3.05. The van der Waals surface area contributed by atoms with Crippen LogP contribution in [0.3, 0.4) is 0 Å². The topological polar surface area (TPSA) is 30.5 Å². The van der Waals surface area contributed by atoms with Crippen molar-refractivity contribution in [2.75, 3.05) is 21.3 Å². The second-order valence-corrected chi connectivity index (χ2v) is 5.05. The molecule has 0 bridgehead atoms. The van der Waals surface area contributed by atoms with Crippen LogP contribution in [0.2, 0.25) is 0 Å². The van der Waals surface area contributed by atoms with E-state index in [0.29, 0.717) is 17.9 Å². The van der Waals surface area contributed by atoms with Gasteiger partial charge in [-0.2, -0.15) is 0 Å². The molecule has 0 saturated heterocycles. The zero-order valence-electron chi connectivity index (χ0n) is 11.7. The van der Waals surface area contributed by atoms with Gasteiger partial charge in [0.25, 0.3) is 0 Å². The lowest BCUT2D eigenvalue weighted by molar-refractivity contribution is 0.381. The fourth-order valence-electron chi connectivity index (χ4n) is 3.14. The fraction of sp³-hybridized carbons (Fsp3) is 0.600. The third kappa shape index (κ3) is 2.32. The molecule has 1 aromatic carbocycles. The van der Waals surface area contributed by atoms with E-state index in [1.807, 2.05) is 19.2 Å². The van der Waals surface area contributed by atoms with E-state index in [9.17, 15) is 0 Å². The van der Waals surface area contributed by atoms with Crippen LogP contribution in [0.15, 0.2) is 18.2 Å². The minimum Gasteiger partial charge on any atom is -0.497 e. The highest BCUT2D eigenvalue weighted by atomic mass is 16.5. The van der Waals surface area contributed by atoms with Gasteiger partial charge < -0.3 is 14.8 Å². The molecule has 3 unspecified atom stereocenters. The molecule has 3 heteroatoms. The van der Waals surface area contributed by atoms with Gasteiger partial charge in [-0.15, -0.1) is 0 Å². The number of rotatable bonds is 4. The normalized spacial score (nSPS) is 27.2. The maximum atomic E-state index is 5.50. The van der Waals surface area contributed by atoms with Crippen LogP contribution in [0.4, 0.5) is 0 Å². The molecular weight excluding hydrogens is 226 g/mol. The maximum absolute atomic E-state index is 5.50. The van der Waals surface area contributed by atoms with Crippen molar-refractivity contribution in [1.29, 1.82) is 0 Å². The van der Waals surface area contributed by atoms with Crippen molar-refractivity contribution in [3.8, 4) is 11.5 Å².